The Morgan fingerprint density at radius 3 is 2.55 bits per heavy atom. The lowest BCUT2D eigenvalue weighted by Crippen LogP contribution is -2.72. The monoisotopic (exact) mass is 428 g/mol. The number of fused-ring (bicyclic) bond motifs is 4. The van der Waals surface area contributed by atoms with Crippen LogP contribution in [0.5, 0.6) is 0 Å². The topological polar surface area (TPSA) is 83.1 Å². The van der Waals surface area contributed by atoms with Crippen molar-refractivity contribution in [3.8, 4) is 0 Å². The van der Waals surface area contributed by atoms with Gasteiger partial charge in [-0.05, 0) is 48.1 Å². The van der Waals surface area contributed by atoms with Crippen LogP contribution < -0.4 is 0 Å². The van der Waals surface area contributed by atoms with E-state index in [0.717, 1.165) is 19.3 Å². The molecule has 1 aliphatic heterocycles. The van der Waals surface area contributed by atoms with E-state index in [2.05, 4.69) is 39.8 Å². The molecule has 1 aromatic heterocycles. The minimum absolute atomic E-state index is 0.0413. The highest BCUT2D eigenvalue weighted by Gasteiger charge is 2.76. The highest BCUT2D eigenvalue weighted by Crippen LogP contribution is 2.75. The summed E-state index contributed by atoms with van der Waals surface area (Å²) in [5, 5.41) is 34.3. The molecule has 5 nitrogen and oxygen atoms in total. The fourth-order valence-corrected chi connectivity index (χ4v) is 9.50. The Balaban J connectivity index is 1.49. The standard InChI is InChI=1S/C26H36O5/c1-23-9-7-17-25(3,16(23)6-5-15(23)14-8-10-30-12-14)22(29)20-21-24(2,13-31-20)18(27)11-19(28)26(17,21)4/h6,8,10,12,15,17-22,27-29H,5,7,9,11,13H2,1-4H3/t15-,17-,18+,19-,20+,21-,22+,23-,24+,25-,26-/m0/s1. The van der Waals surface area contributed by atoms with Crippen LogP contribution in [-0.4, -0.2) is 46.3 Å². The predicted octanol–water partition coefficient (Wildman–Crippen LogP) is 3.64. The lowest BCUT2D eigenvalue weighted by Gasteiger charge is -2.69. The molecular formula is C26H36O5. The van der Waals surface area contributed by atoms with Crippen LogP contribution in [0.15, 0.2) is 34.7 Å². The van der Waals surface area contributed by atoms with Crippen molar-refractivity contribution in [3.63, 3.8) is 0 Å². The summed E-state index contributed by atoms with van der Waals surface area (Å²) in [7, 11) is 0. The van der Waals surface area contributed by atoms with E-state index in [1.54, 1.807) is 6.26 Å². The smallest absolute Gasteiger partial charge is 0.0937 e. The number of rotatable bonds is 1. The van der Waals surface area contributed by atoms with Crippen LogP contribution in [0.2, 0.25) is 0 Å². The van der Waals surface area contributed by atoms with E-state index >= 15 is 0 Å². The van der Waals surface area contributed by atoms with E-state index < -0.39 is 34.6 Å². The van der Waals surface area contributed by atoms with E-state index in [0.29, 0.717) is 18.9 Å². The minimum atomic E-state index is -0.649. The maximum absolute atomic E-state index is 11.9. The summed E-state index contributed by atoms with van der Waals surface area (Å²) < 4.78 is 11.7. The molecule has 3 N–H and O–H groups in total. The van der Waals surface area contributed by atoms with Crippen molar-refractivity contribution >= 4 is 0 Å². The number of hydrogen-bond donors (Lipinski definition) is 3. The van der Waals surface area contributed by atoms with Crippen molar-refractivity contribution in [2.24, 2.45) is 33.5 Å². The number of aliphatic hydroxyl groups is 3. The average Bonchev–Trinajstić information content (AvgIpc) is 3.43. The molecule has 2 heterocycles. The number of hydrogen-bond acceptors (Lipinski definition) is 5. The lowest BCUT2D eigenvalue weighted by atomic mass is 9.36. The molecule has 4 fully saturated rings. The Kier molecular flexibility index (Phi) is 3.99. The van der Waals surface area contributed by atoms with Gasteiger partial charge in [0.05, 0.1) is 43.5 Å². The van der Waals surface area contributed by atoms with Crippen molar-refractivity contribution in [3.05, 3.63) is 35.8 Å². The zero-order chi connectivity index (χ0) is 22.0. The largest absolute Gasteiger partial charge is 0.472 e. The third-order valence-corrected chi connectivity index (χ3v) is 11.0. The molecule has 0 spiro atoms. The summed E-state index contributed by atoms with van der Waals surface area (Å²) in [5.41, 5.74) is 1.24. The Bertz CT molecular complexity index is 924. The first kappa shape index (κ1) is 20.5. The van der Waals surface area contributed by atoms with Crippen LogP contribution in [0.3, 0.4) is 0 Å². The van der Waals surface area contributed by atoms with Gasteiger partial charge < -0.3 is 24.5 Å². The average molecular weight is 429 g/mol. The zero-order valence-electron chi connectivity index (χ0n) is 19.0. The molecule has 0 bridgehead atoms. The normalized spacial score (nSPS) is 57.8. The van der Waals surface area contributed by atoms with Gasteiger partial charge in [0, 0.05) is 28.6 Å². The van der Waals surface area contributed by atoms with Gasteiger partial charge in [-0.1, -0.05) is 39.3 Å². The first-order valence-electron chi connectivity index (χ1n) is 12.0. The minimum Gasteiger partial charge on any atom is -0.472 e. The van der Waals surface area contributed by atoms with Gasteiger partial charge in [-0.15, -0.1) is 0 Å². The van der Waals surface area contributed by atoms with Gasteiger partial charge in [-0.2, -0.15) is 0 Å². The van der Waals surface area contributed by atoms with E-state index in [-0.39, 0.29) is 23.4 Å². The van der Waals surface area contributed by atoms with Crippen LogP contribution in [0.25, 0.3) is 0 Å². The maximum Gasteiger partial charge on any atom is 0.0937 e. The van der Waals surface area contributed by atoms with Gasteiger partial charge in [-0.25, -0.2) is 0 Å². The van der Waals surface area contributed by atoms with Crippen LogP contribution in [-0.2, 0) is 4.74 Å². The second-order valence-corrected chi connectivity index (χ2v) is 12.1. The molecular weight excluding hydrogens is 392 g/mol. The summed E-state index contributed by atoms with van der Waals surface area (Å²) in [5.74, 6) is 0.440. The molecule has 3 saturated carbocycles. The highest BCUT2D eigenvalue weighted by atomic mass is 16.5. The van der Waals surface area contributed by atoms with Gasteiger partial charge in [-0.3, -0.25) is 0 Å². The molecule has 6 rings (SSSR count). The number of ether oxygens (including phenoxy) is 1. The summed E-state index contributed by atoms with van der Waals surface area (Å²) in [6.45, 7) is 9.33. The summed E-state index contributed by atoms with van der Waals surface area (Å²) in [6.07, 6.45) is 7.09. The molecule has 0 aromatic carbocycles. The van der Waals surface area contributed by atoms with Crippen molar-refractivity contribution < 1.29 is 24.5 Å². The van der Waals surface area contributed by atoms with Gasteiger partial charge in [0.1, 0.15) is 0 Å². The molecule has 0 unspecified atom stereocenters. The van der Waals surface area contributed by atoms with E-state index in [4.69, 9.17) is 9.15 Å². The first-order chi connectivity index (χ1) is 14.6. The molecule has 1 saturated heterocycles. The maximum atomic E-state index is 11.9. The molecule has 170 valence electrons. The molecule has 4 aliphatic carbocycles. The van der Waals surface area contributed by atoms with Gasteiger partial charge in [0.2, 0.25) is 0 Å². The quantitative estimate of drug-likeness (QED) is 0.595. The molecule has 31 heavy (non-hydrogen) atoms. The molecule has 0 radical (unpaired) electrons. The summed E-state index contributed by atoms with van der Waals surface area (Å²) in [4.78, 5) is 0. The van der Waals surface area contributed by atoms with Crippen LogP contribution in [0.1, 0.15) is 64.9 Å². The Morgan fingerprint density at radius 1 is 1.06 bits per heavy atom. The van der Waals surface area contributed by atoms with Crippen molar-refractivity contribution in [1.82, 2.24) is 0 Å². The molecule has 5 aliphatic rings. The third kappa shape index (κ3) is 2.13. The second kappa shape index (κ2) is 6.05. The fraction of sp³-hybridized carbons (Fsp3) is 0.769. The summed E-state index contributed by atoms with van der Waals surface area (Å²) in [6, 6.07) is 2.08. The fourth-order valence-electron chi connectivity index (χ4n) is 9.50. The van der Waals surface area contributed by atoms with Gasteiger partial charge in [0.15, 0.2) is 0 Å². The van der Waals surface area contributed by atoms with E-state index in [9.17, 15) is 15.3 Å². The van der Waals surface area contributed by atoms with E-state index in [1.807, 2.05) is 6.26 Å². The van der Waals surface area contributed by atoms with Crippen molar-refractivity contribution in [2.45, 2.75) is 83.7 Å². The first-order valence-corrected chi connectivity index (χ1v) is 12.0. The van der Waals surface area contributed by atoms with Crippen LogP contribution in [0, 0.1) is 33.5 Å². The Morgan fingerprint density at radius 2 is 1.84 bits per heavy atom. The molecule has 11 atom stereocenters. The molecule has 1 aromatic rings. The predicted molar refractivity (Wildman–Crippen MR) is 115 cm³/mol. The van der Waals surface area contributed by atoms with Gasteiger partial charge >= 0.3 is 0 Å². The second-order valence-electron chi connectivity index (χ2n) is 12.1. The number of furan rings is 1. The lowest BCUT2D eigenvalue weighted by molar-refractivity contribution is -0.255. The third-order valence-electron chi connectivity index (χ3n) is 11.0. The number of allylic oxidation sites excluding steroid dienone is 1. The SMILES string of the molecule is C[C@@]12CO[C@H]3[C@@H](O)[C@@]4(C)C5=CC[C@@H](c6ccoc6)[C@]5(C)CC[C@@H]4[C@@](C)([C@@H](O)C[C@H]1O)[C@@H]32. The van der Waals surface area contributed by atoms with E-state index in [1.165, 1.54) is 11.1 Å². The van der Waals surface area contributed by atoms with Crippen molar-refractivity contribution in [1.29, 1.82) is 0 Å². The highest BCUT2D eigenvalue weighted by molar-refractivity contribution is 5.41. The van der Waals surface area contributed by atoms with Crippen LogP contribution >= 0.6 is 0 Å². The van der Waals surface area contributed by atoms with Gasteiger partial charge in [0.25, 0.3) is 0 Å². The number of aliphatic hydroxyl groups excluding tert-OH is 3. The van der Waals surface area contributed by atoms with Crippen molar-refractivity contribution in [2.75, 3.05) is 6.61 Å². The Hall–Kier alpha value is -1.14. The molecule has 5 heteroatoms. The molecule has 0 amide bonds. The van der Waals surface area contributed by atoms with Crippen LogP contribution in [0.4, 0.5) is 0 Å². The zero-order valence-corrected chi connectivity index (χ0v) is 19.0. The Labute approximate surface area is 184 Å². The summed E-state index contributed by atoms with van der Waals surface area (Å²) >= 11 is 0.